The Morgan fingerprint density at radius 3 is 0.524 bits per heavy atom. The van der Waals surface area contributed by atoms with Crippen molar-refractivity contribution in [1.29, 1.82) is 0 Å². The molecule has 0 N–H and O–H groups in total. The topological polar surface area (TPSA) is 0 Å². The second-order valence-corrected chi connectivity index (χ2v) is 10.6. The molecule has 3 saturated carbocycles. The molecule has 2 heteroatoms. The Hall–Kier alpha value is 1.54. The first-order chi connectivity index (χ1) is 9.50. The molecule has 3 aliphatic carbocycles. The van der Waals surface area contributed by atoms with Crippen LogP contribution in [-0.2, 0) is 0 Å². The first kappa shape index (κ1) is 24.8. The maximum atomic E-state index is 3.91. The van der Waals surface area contributed by atoms with Crippen LogP contribution in [0.1, 0.15) is 0 Å². The summed E-state index contributed by atoms with van der Waals surface area (Å²) in [5.41, 5.74) is 0. The van der Waals surface area contributed by atoms with Gasteiger partial charge < -0.3 is 6.55 Å². The third-order valence-corrected chi connectivity index (χ3v) is 1.67. The molecule has 0 amide bonds. The van der Waals surface area contributed by atoms with Gasteiger partial charge in [-0.25, -0.2) is 0 Å². The summed E-state index contributed by atoms with van der Waals surface area (Å²) in [7, 11) is -0.861. The Labute approximate surface area is 169 Å². The van der Waals surface area contributed by atoms with Gasteiger partial charge in [0.05, 0.1) is 0 Å². The van der Waals surface area contributed by atoms with Gasteiger partial charge in [0.15, 0.2) is 0 Å². The predicted molar refractivity (Wildman–Crippen MR) is 93.2 cm³/mol. The molecule has 0 saturated heterocycles. The van der Waals surface area contributed by atoms with Gasteiger partial charge in [0.1, 0.15) is 0 Å². The zero-order valence-electron chi connectivity index (χ0n) is 13.4. The van der Waals surface area contributed by atoms with Gasteiger partial charge in [-0.1, -0.05) is 19.6 Å². The molecular weight excluding hydrogens is 488 g/mol. The van der Waals surface area contributed by atoms with Crippen molar-refractivity contribution in [3.05, 3.63) is 103 Å². The average molecular weight is 515 g/mol. The van der Waals surface area contributed by atoms with E-state index in [1.807, 2.05) is 96.3 Å². The minimum Gasteiger partial charge on any atom is -0.342 e. The van der Waals surface area contributed by atoms with Gasteiger partial charge >= 0.3 is 0 Å². The molecule has 3 aliphatic rings. The number of hydrogen-bond donors (Lipinski definition) is 0. The van der Waals surface area contributed by atoms with Crippen molar-refractivity contribution in [2.45, 2.75) is 19.6 Å². The third kappa shape index (κ3) is 30.1. The van der Waals surface area contributed by atoms with Crippen LogP contribution in [-0.4, -0.2) is 8.07 Å². The van der Waals surface area contributed by atoms with Crippen LogP contribution in [0.3, 0.4) is 0 Å². The molecule has 0 heterocycles. The molecule has 0 bridgehead atoms. The van der Waals surface area contributed by atoms with Gasteiger partial charge in [0.2, 0.25) is 0 Å². The maximum Gasteiger partial charge on any atom is 0 e. The van der Waals surface area contributed by atoms with E-state index >= 15 is 0 Å². The first-order valence-electron chi connectivity index (χ1n) is 6.85. The molecule has 111 valence electrons. The summed E-state index contributed by atoms with van der Waals surface area (Å²) in [6, 6.07) is 0. The minimum atomic E-state index is -0.861. The van der Waals surface area contributed by atoms with Crippen molar-refractivity contribution in [3.8, 4) is 0 Å². The number of hydrogen-bond acceptors (Lipinski definition) is 0. The smallest absolute Gasteiger partial charge is 0 e. The zero-order valence-corrected chi connectivity index (χ0v) is 18.5. The summed E-state index contributed by atoms with van der Waals surface area (Å²) in [6.45, 7) is 10.6. The normalized spacial score (nSPS) is 20.0. The molecular formula is C19H26SiTh-. The average Bonchev–Trinajstić information content (AvgIpc) is 3.17. The van der Waals surface area contributed by atoms with Gasteiger partial charge in [-0.15, -0.1) is 8.07 Å². The Balaban J connectivity index is 0. The molecule has 0 aromatic heterocycles. The molecule has 15 radical (unpaired) electrons. The van der Waals surface area contributed by atoms with Crippen molar-refractivity contribution in [2.24, 2.45) is 0 Å². The summed E-state index contributed by atoms with van der Waals surface area (Å²) < 4.78 is 0. The second-order valence-electron chi connectivity index (χ2n) is 5.45. The van der Waals surface area contributed by atoms with E-state index in [2.05, 4.69) is 26.2 Å². The van der Waals surface area contributed by atoms with Crippen molar-refractivity contribution in [3.63, 3.8) is 0 Å². The van der Waals surface area contributed by atoms with Gasteiger partial charge in [-0.05, 0) is 96.3 Å². The van der Waals surface area contributed by atoms with E-state index < -0.39 is 8.07 Å². The first-order valence-corrected chi connectivity index (χ1v) is 10.6. The van der Waals surface area contributed by atoms with E-state index in [1.165, 1.54) is 0 Å². The van der Waals surface area contributed by atoms with Crippen molar-refractivity contribution in [2.75, 3.05) is 0 Å². The number of rotatable bonds is 0. The van der Waals surface area contributed by atoms with Crippen LogP contribution in [0.15, 0.2) is 0 Å². The molecule has 0 unspecified atom stereocenters. The Morgan fingerprint density at radius 2 is 0.476 bits per heavy atom. The Morgan fingerprint density at radius 1 is 0.429 bits per heavy atom. The summed E-state index contributed by atoms with van der Waals surface area (Å²) in [5.74, 6) is 0. The van der Waals surface area contributed by atoms with Crippen molar-refractivity contribution < 1.29 is 39.9 Å². The summed E-state index contributed by atoms with van der Waals surface area (Å²) in [4.78, 5) is 0. The van der Waals surface area contributed by atoms with E-state index in [4.69, 9.17) is 0 Å². The summed E-state index contributed by atoms with van der Waals surface area (Å²) in [5, 5.41) is 0. The molecule has 3 fully saturated rings. The molecule has 3 rings (SSSR count). The molecule has 0 aromatic rings. The van der Waals surface area contributed by atoms with Crippen LogP contribution < -0.4 is 0 Å². The molecule has 0 spiro atoms. The van der Waals surface area contributed by atoms with Gasteiger partial charge in [-0.2, -0.15) is 0 Å². The molecule has 0 nitrogen and oxygen atoms in total. The van der Waals surface area contributed by atoms with Gasteiger partial charge in [0, 0.05) is 39.9 Å². The monoisotopic (exact) mass is 514 g/mol. The fraction of sp³-hybridized carbons (Fsp3) is 0.158. The fourth-order valence-corrected chi connectivity index (χ4v) is 0.962. The van der Waals surface area contributed by atoms with Crippen LogP contribution in [0.5, 0.6) is 0 Å². The third-order valence-electron chi connectivity index (χ3n) is 1.67. The summed E-state index contributed by atoms with van der Waals surface area (Å²) >= 11 is 0. The van der Waals surface area contributed by atoms with Gasteiger partial charge in [-0.3, -0.25) is 0 Å². The molecule has 21 heavy (non-hydrogen) atoms. The van der Waals surface area contributed by atoms with E-state index in [0.717, 1.165) is 0 Å². The molecule has 0 atom stereocenters. The van der Waals surface area contributed by atoms with Gasteiger partial charge in [0.25, 0.3) is 0 Å². The van der Waals surface area contributed by atoms with E-state index in [1.54, 1.807) is 0 Å². The molecule has 0 aromatic carbocycles. The zero-order chi connectivity index (χ0) is 15.1. The standard InChI is InChI=1S/3C5H5.C4H11Si.Th/c3*1-2-4-5-3-1;1-5(2,3)4;/h3*1-5H;1H2,2-4H3;/q;;;-1;. The SMILES string of the molecule is [CH2-][Si](C)(C)C.[CH]1[CH][CH][CH][CH]1.[CH]1[CH][CH][CH][CH]1.[CH]1[CH][CH][CH][CH]1.[Th]. The van der Waals surface area contributed by atoms with Crippen molar-refractivity contribution in [1.82, 2.24) is 0 Å². The predicted octanol–water partition coefficient (Wildman–Crippen LogP) is 4.76. The van der Waals surface area contributed by atoms with Crippen LogP contribution in [0.2, 0.25) is 19.6 Å². The van der Waals surface area contributed by atoms with E-state index in [-0.39, 0.29) is 39.9 Å². The molecule has 0 aliphatic heterocycles. The quantitative estimate of drug-likeness (QED) is 0.323. The maximum absolute atomic E-state index is 3.91. The fourth-order valence-electron chi connectivity index (χ4n) is 0.962. The van der Waals surface area contributed by atoms with Crippen LogP contribution >= 0.6 is 0 Å². The van der Waals surface area contributed by atoms with Crippen LogP contribution in [0.4, 0.5) is 0 Å². The Kier molecular flexibility index (Phi) is 21.1. The van der Waals surface area contributed by atoms with Crippen molar-refractivity contribution >= 4 is 8.07 Å². The Bertz CT molecular complexity index is 122. The van der Waals surface area contributed by atoms with E-state index in [0.29, 0.717) is 0 Å². The van der Waals surface area contributed by atoms with E-state index in [9.17, 15) is 0 Å². The second kappa shape index (κ2) is 17.9. The van der Waals surface area contributed by atoms with Crippen LogP contribution in [0, 0.1) is 143 Å². The minimum absolute atomic E-state index is 0. The largest absolute Gasteiger partial charge is 0.342 e. The summed E-state index contributed by atoms with van der Waals surface area (Å²) in [6.07, 6.45) is 30.0. The van der Waals surface area contributed by atoms with Crippen LogP contribution in [0.25, 0.3) is 0 Å².